The van der Waals surface area contributed by atoms with Crippen LogP contribution in [0.4, 0.5) is 5.69 Å². The highest BCUT2D eigenvalue weighted by Gasteiger charge is 2.40. The fraction of sp³-hybridized carbons (Fsp3) is 0.378. The molecule has 0 unspecified atom stereocenters. The normalized spacial score (nSPS) is 16.8. The number of nitrogens with zero attached hydrogens (tertiary/aromatic N) is 17. The molecule has 30 nitrogen and oxygen atoms in total. The minimum Gasteiger partial charge on any atom is -0.497 e. The van der Waals surface area contributed by atoms with Gasteiger partial charge in [-0.05, 0) is 178 Å². The molecule has 4 saturated heterocycles. The van der Waals surface area contributed by atoms with E-state index in [0.29, 0.717) is 81.0 Å². The monoisotopic (exact) mass is 1900 g/mol. The number of amides is 5. The van der Waals surface area contributed by atoms with E-state index in [-0.39, 0.29) is 35.6 Å². The van der Waals surface area contributed by atoms with Crippen LogP contribution in [0.3, 0.4) is 0 Å². The van der Waals surface area contributed by atoms with Crippen LogP contribution in [0, 0.1) is 13.8 Å². The first-order valence-corrected chi connectivity index (χ1v) is 49.5. The van der Waals surface area contributed by atoms with Gasteiger partial charge < -0.3 is 66.5 Å². The van der Waals surface area contributed by atoms with E-state index in [1.165, 1.54) is 33.9 Å². The van der Waals surface area contributed by atoms with Gasteiger partial charge in [-0.15, -0.1) is 0 Å². The predicted octanol–water partition coefficient (Wildman–Crippen LogP) is 18.1. The van der Waals surface area contributed by atoms with E-state index in [4.69, 9.17) is 67.9 Å². The van der Waals surface area contributed by atoms with E-state index in [2.05, 4.69) is 121 Å². The number of rotatable bonds is 15. The molecule has 4 fully saturated rings. The number of imidazole rings is 1. The summed E-state index contributed by atoms with van der Waals surface area (Å²) in [7, 11) is 4.96. The third-order valence-electron chi connectivity index (χ3n) is 29.6. The van der Waals surface area contributed by atoms with Gasteiger partial charge in [0.05, 0.1) is 86.7 Å². The zero-order chi connectivity index (χ0) is 96.8. The number of para-hydroxylation sites is 1. The standard InChI is InChI=1S/C28H31N5O2.C28H30N4O4.C28H30N4O3.C27H28N4O4/c1-18-6-7-22(19(2)15-18)25-17-32-11-4-5-23(28(32)29-25)27-24-16-31(20(3)34)12-8-26(24)33(30-27)21-9-13-35-14-10-21;1-18(33)30-13-10-25-24(17-30)27(29-32(25)21-11-14-36-15-12-21)23-5-3-4-19-16-31(28(34)26(19)23)20-6-8-22(35-2)9-7-20;1-19(33)30-13-10-26-25(18-30)28(29-32(26)23-11-15-35-16-12-23)31-14-9-21-3-4-22(17-27(21)31)20-5-7-24(34-2)8-6-20;1-17(32)30-13-10-23-22(16-30)25(29-31(23)19-11-14-34-15-12-19)21-4-3-5-24-26(21)28-27(35-24)18-6-8-20(33-2)9-7-18/h4-7,11,15,17,21H,8-10,12-14,16H2,1-3H3;3-9,21H,10-17H2,1-2H3;3-9,14,17,23H,10-13,15-16,18H2,1-2H3;3-9,19H,10-16H2,1-2H3. The molecule has 24 rings (SSSR count). The number of aryl methyl sites for hydroxylation is 2. The van der Waals surface area contributed by atoms with E-state index in [1.54, 1.807) is 53.9 Å². The fourth-order valence-electron chi connectivity index (χ4n) is 21.8. The SMILES string of the molecule is CC(=O)N1CCc2c(c(-c3cccn4cc(-c5ccc(C)cc5C)nc34)nn2C2CCOCC2)C1.COc1ccc(-c2ccc3ccn(-c4nn(C5CCOCC5)c5c4CN(C(C)=O)CC5)c3c2)cc1.COc1ccc(-c2nc3c(-c4nn(C5CCOCC5)c5c4CN(C(C)=O)CC5)cccc3o2)cc1.COc1ccc(N2Cc3cccc(-c4nn(C5CCOCC5)c5c4CN(C(C)=O)CC5)c3C2=O)cc1. The Balaban J connectivity index is 0.000000111. The van der Waals surface area contributed by atoms with Crippen molar-refractivity contribution in [3.05, 3.63) is 250 Å². The summed E-state index contributed by atoms with van der Waals surface area (Å²) in [6, 6.07) is 55.9. The van der Waals surface area contributed by atoms with Crippen molar-refractivity contribution in [3.63, 3.8) is 0 Å². The molecule has 8 aromatic heterocycles. The molecule has 0 saturated carbocycles. The summed E-state index contributed by atoms with van der Waals surface area (Å²) >= 11 is 0. The molecule has 0 radical (unpaired) electrons. The smallest absolute Gasteiger partial charge is 0.259 e. The van der Waals surface area contributed by atoms with Gasteiger partial charge in [-0.3, -0.25) is 47.3 Å². The fourth-order valence-corrected chi connectivity index (χ4v) is 21.8. The maximum atomic E-state index is 13.8. The van der Waals surface area contributed by atoms with Crippen LogP contribution in [0.5, 0.6) is 17.2 Å². The molecule has 0 bridgehead atoms. The lowest BCUT2D eigenvalue weighted by Crippen LogP contribution is -2.35. The maximum absolute atomic E-state index is 13.8. The number of anilines is 1. The average molecular weight is 1900 g/mol. The van der Waals surface area contributed by atoms with Gasteiger partial charge in [0.25, 0.3) is 5.91 Å². The van der Waals surface area contributed by atoms with Crippen molar-refractivity contribution >= 4 is 62.9 Å². The predicted molar refractivity (Wildman–Crippen MR) is 536 cm³/mol. The summed E-state index contributed by atoms with van der Waals surface area (Å²) in [4.78, 5) is 82.2. The molecule has 15 aromatic rings. The van der Waals surface area contributed by atoms with Gasteiger partial charge in [0, 0.05) is 255 Å². The molecule has 0 atom stereocenters. The van der Waals surface area contributed by atoms with Crippen LogP contribution in [0.25, 0.3) is 101 Å². The molecule has 5 amide bonds. The van der Waals surface area contributed by atoms with Crippen LogP contribution in [-0.4, -0.2) is 208 Å². The van der Waals surface area contributed by atoms with Crippen LogP contribution >= 0.6 is 0 Å². The minimum absolute atomic E-state index is 0.0284. The third-order valence-corrected chi connectivity index (χ3v) is 29.6. The molecule has 17 heterocycles. The average Bonchev–Trinajstić information content (AvgIpc) is 1.14. The van der Waals surface area contributed by atoms with Gasteiger partial charge in [0.2, 0.25) is 29.5 Å². The summed E-state index contributed by atoms with van der Waals surface area (Å²) in [5.74, 6) is 4.20. The highest BCUT2D eigenvalue weighted by atomic mass is 16.5. The van der Waals surface area contributed by atoms with Gasteiger partial charge in [0.1, 0.15) is 34.1 Å². The van der Waals surface area contributed by atoms with Gasteiger partial charge in [-0.1, -0.05) is 78.4 Å². The van der Waals surface area contributed by atoms with Crippen molar-refractivity contribution in [2.24, 2.45) is 0 Å². The number of pyridine rings is 1. The van der Waals surface area contributed by atoms with Crippen LogP contribution < -0.4 is 19.1 Å². The van der Waals surface area contributed by atoms with E-state index in [0.717, 1.165) is 283 Å². The summed E-state index contributed by atoms with van der Waals surface area (Å²) in [6.07, 6.45) is 17.1. The molecular formula is C111H119N17O13. The lowest BCUT2D eigenvalue weighted by atomic mass is 9.95. The summed E-state index contributed by atoms with van der Waals surface area (Å²) in [5.41, 5.74) is 28.6. The van der Waals surface area contributed by atoms with Crippen molar-refractivity contribution in [1.82, 2.24) is 77.7 Å². The zero-order valence-corrected chi connectivity index (χ0v) is 81.5. The highest BCUT2D eigenvalue weighted by molar-refractivity contribution is 6.14. The molecule has 9 aliphatic heterocycles. The summed E-state index contributed by atoms with van der Waals surface area (Å²) in [6.45, 7) is 22.5. The number of hydrogen-bond acceptors (Lipinski definition) is 19. The Hall–Kier alpha value is -14.3. The molecule has 9 aliphatic rings. The van der Waals surface area contributed by atoms with Gasteiger partial charge in [-0.2, -0.15) is 20.4 Å². The van der Waals surface area contributed by atoms with E-state index >= 15 is 0 Å². The number of ether oxygens (including phenoxy) is 7. The number of benzene rings is 7. The maximum Gasteiger partial charge on any atom is 0.259 e. The molecule has 0 N–H and O–H groups in total. The van der Waals surface area contributed by atoms with Crippen LogP contribution in [0.15, 0.2) is 187 Å². The largest absolute Gasteiger partial charge is 0.497 e. The topological polar surface area (TPSA) is 286 Å². The number of hydrogen-bond donors (Lipinski definition) is 0. The molecule has 0 spiro atoms. The first-order chi connectivity index (χ1) is 68.8. The lowest BCUT2D eigenvalue weighted by Gasteiger charge is -2.29. The van der Waals surface area contributed by atoms with Crippen molar-refractivity contribution < 1.29 is 61.5 Å². The molecule has 141 heavy (non-hydrogen) atoms. The van der Waals surface area contributed by atoms with Crippen molar-refractivity contribution in [2.45, 2.75) is 175 Å². The van der Waals surface area contributed by atoms with Gasteiger partial charge >= 0.3 is 0 Å². The van der Waals surface area contributed by atoms with Gasteiger partial charge in [-0.25, -0.2) is 9.97 Å². The van der Waals surface area contributed by atoms with Crippen molar-refractivity contribution in [2.75, 3.05) is 105 Å². The Kier molecular flexibility index (Phi) is 26.5. The molecule has 726 valence electrons. The summed E-state index contributed by atoms with van der Waals surface area (Å²) < 4.78 is 57.6. The Bertz CT molecular complexity index is 7170. The first kappa shape index (κ1) is 93.0. The summed E-state index contributed by atoms with van der Waals surface area (Å²) in [5, 5.41) is 21.9. The number of aromatic nitrogens is 12. The Morgan fingerprint density at radius 2 is 0.858 bits per heavy atom. The van der Waals surface area contributed by atoms with Crippen LogP contribution in [0.1, 0.15) is 175 Å². The number of carbonyl (C=O) groups excluding carboxylic acids is 5. The second-order valence-corrected chi connectivity index (χ2v) is 38.1. The minimum atomic E-state index is -0.0284. The first-order valence-electron chi connectivity index (χ1n) is 49.5. The molecule has 7 aromatic carbocycles. The second kappa shape index (κ2) is 40.1. The zero-order valence-electron chi connectivity index (χ0n) is 81.5. The van der Waals surface area contributed by atoms with E-state index in [9.17, 15) is 24.0 Å². The Labute approximate surface area is 818 Å². The Morgan fingerprint density at radius 1 is 0.411 bits per heavy atom. The third kappa shape index (κ3) is 18.5. The van der Waals surface area contributed by atoms with Crippen molar-refractivity contribution in [3.8, 4) is 90.7 Å². The van der Waals surface area contributed by atoms with Crippen molar-refractivity contribution in [1.29, 1.82) is 0 Å². The molecular weight excluding hydrogens is 1780 g/mol. The lowest BCUT2D eigenvalue weighted by molar-refractivity contribution is -0.130. The molecule has 0 aliphatic carbocycles. The van der Waals surface area contributed by atoms with Gasteiger partial charge in [0.15, 0.2) is 11.4 Å². The highest BCUT2D eigenvalue weighted by Crippen LogP contribution is 2.45. The van der Waals surface area contributed by atoms with Crippen LogP contribution in [0.2, 0.25) is 0 Å². The van der Waals surface area contributed by atoms with E-state index < -0.39 is 0 Å². The number of oxazole rings is 1. The number of methoxy groups -OCH3 is 3. The molecule has 30 heteroatoms. The quantitative estimate of drug-likeness (QED) is 0.0921. The Morgan fingerprint density at radius 3 is 1.36 bits per heavy atom. The van der Waals surface area contributed by atoms with Crippen LogP contribution in [-0.2, 0) is 96.5 Å². The second-order valence-electron chi connectivity index (χ2n) is 38.1. The number of carbonyl (C=O) groups is 5. The number of fused-ring (bicyclic) bond motifs is 8. The van der Waals surface area contributed by atoms with E-state index in [1.807, 2.05) is 123 Å².